The van der Waals surface area contributed by atoms with Gasteiger partial charge in [0, 0.05) is 30.0 Å². The summed E-state index contributed by atoms with van der Waals surface area (Å²) in [5, 5.41) is 13.1. The van der Waals surface area contributed by atoms with Gasteiger partial charge in [0.15, 0.2) is 0 Å². The summed E-state index contributed by atoms with van der Waals surface area (Å²) in [6, 6.07) is 8.00. The van der Waals surface area contributed by atoms with Gasteiger partial charge in [0.25, 0.3) is 5.91 Å². The summed E-state index contributed by atoms with van der Waals surface area (Å²) in [5.41, 5.74) is 1.11. The highest BCUT2D eigenvalue weighted by Crippen LogP contribution is 2.45. The molecule has 1 amide bonds. The molecule has 1 saturated carbocycles. The second kappa shape index (κ2) is 6.85. The molecule has 24 heavy (non-hydrogen) atoms. The fourth-order valence-corrected chi connectivity index (χ4v) is 4.08. The average molecular weight is 331 g/mol. The first-order chi connectivity index (χ1) is 11.4. The molecule has 2 N–H and O–H groups in total. The van der Waals surface area contributed by atoms with Crippen molar-refractivity contribution in [3.8, 4) is 0 Å². The zero-order chi connectivity index (χ0) is 17.3. The maximum atomic E-state index is 12.6. The topological polar surface area (TPSA) is 58.6 Å². The normalized spacial score (nSPS) is 29.0. The second-order valence-electron chi connectivity index (χ2n) is 7.87. The summed E-state index contributed by atoms with van der Waals surface area (Å²) in [5.74, 6) is 0.936. The standard InChI is InChI=1S/C20H29NO3/c1-4-15-17(16-9-11-24-18(15)16)21-19(22)14-7-5-6-13(12-14)8-10-20(2,3)23/h5-7,12,15-18,23H,4,8-11H2,1-3H3,(H,21,22)/t15-,16+,17+,18-/m1/s1. The molecule has 0 radical (unpaired) electrons. The van der Waals surface area contributed by atoms with Crippen LogP contribution in [0.4, 0.5) is 0 Å². The van der Waals surface area contributed by atoms with Crippen LogP contribution in [0.5, 0.6) is 0 Å². The van der Waals surface area contributed by atoms with Crippen molar-refractivity contribution in [3.63, 3.8) is 0 Å². The third kappa shape index (κ3) is 3.65. The van der Waals surface area contributed by atoms with E-state index in [9.17, 15) is 9.90 Å². The third-order valence-corrected chi connectivity index (χ3v) is 5.51. The molecule has 4 nitrogen and oxygen atoms in total. The number of fused-ring (bicyclic) bond motifs is 1. The molecule has 1 aromatic carbocycles. The molecular formula is C20H29NO3. The first-order valence-corrected chi connectivity index (χ1v) is 9.13. The van der Waals surface area contributed by atoms with E-state index >= 15 is 0 Å². The Morgan fingerprint density at radius 1 is 1.42 bits per heavy atom. The fraction of sp³-hybridized carbons (Fsp3) is 0.650. The lowest BCUT2D eigenvalue weighted by Crippen LogP contribution is -2.61. The van der Waals surface area contributed by atoms with Gasteiger partial charge in [-0.05, 0) is 57.2 Å². The zero-order valence-electron chi connectivity index (χ0n) is 14.9. The molecule has 4 atom stereocenters. The summed E-state index contributed by atoms with van der Waals surface area (Å²) in [7, 11) is 0. The predicted octanol–water partition coefficient (Wildman–Crippen LogP) is 2.93. The molecule has 2 aliphatic rings. The van der Waals surface area contributed by atoms with Gasteiger partial charge in [0.2, 0.25) is 0 Å². The van der Waals surface area contributed by atoms with Crippen molar-refractivity contribution in [2.75, 3.05) is 6.61 Å². The highest BCUT2D eigenvalue weighted by molar-refractivity contribution is 5.94. The Hall–Kier alpha value is -1.39. The molecule has 0 bridgehead atoms. The quantitative estimate of drug-likeness (QED) is 0.842. The van der Waals surface area contributed by atoms with Crippen molar-refractivity contribution in [1.82, 2.24) is 5.32 Å². The lowest BCUT2D eigenvalue weighted by Gasteiger charge is -2.47. The van der Waals surface area contributed by atoms with E-state index in [0.29, 0.717) is 29.9 Å². The Morgan fingerprint density at radius 2 is 2.21 bits per heavy atom. The van der Waals surface area contributed by atoms with Gasteiger partial charge in [-0.25, -0.2) is 0 Å². The van der Waals surface area contributed by atoms with Gasteiger partial charge in [-0.2, -0.15) is 0 Å². The minimum Gasteiger partial charge on any atom is -0.390 e. The first-order valence-electron chi connectivity index (χ1n) is 9.13. The molecule has 132 valence electrons. The van der Waals surface area contributed by atoms with Crippen LogP contribution in [0.25, 0.3) is 0 Å². The molecule has 0 spiro atoms. The van der Waals surface area contributed by atoms with Crippen LogP contribution in [0.15, 0.2) is 24.3 Å². The van der Waals surface area contributed by atoms with Gasteiger partial charge < -0.3 is 15.2 Å². The minimum absolute atomic E-state index is 0.00825. The molecule has 1 aliphatic heterocycles. The number of hydrogen-bond donors (Lipinski definition) is 2. The number of nitrogens with one attached hydrogen (secondary N) is 1. The van der Waals surface area contributed by atoms with E-state index in [4.69, 9.17) is 4.74 Å². The SMILES string of the molecule is CC[C@@H]1[C@H](NC(=O)c2cccc(CCC(C)(C)O)c2)[C@@H]2CCO[C@H]12. The summed E-state index contributed by atoms with van der Waals surface area (Å²) in [6.45, 7) is 6.61. The lowest BCUT2D eigenvalue weighted by molar-refractivity contribution is -0.0545. The predicted molar refractivity (Wildman–Crippen MR) is 93.9 cm³/mol. The summed E-state index contributed by atoms with van der Waals surface area (Å²) in [6.07, 6.45) is 3.89. The van der Waals surface area contributed by atoms with E-state index in [1.54, 1.807) is 0 Å². The number of aryl methyl sites for hydroxylation is 1. The highest BCUT2D eigenvalue weighted by atomic mass is 16.5. The molecule has 3 rings (SSSR count). The van der Waals surface area contributed by atoms with Crippen LogP contribution >= 0.6 is 0 Å². The van der Waals surface area contributed by atoms with Gasteiger partial charge in [0.1, 0.15) is 0 Å². The van der Waals surface area contributed by atoms with Crippen molar-refractivity contribution >= 4 is 5.91 Å². The molecule has 0 unspecified atom stereocenters. The number of amides is 1. The van der Waals surface area contributed by atoms with Crippen LogP contribution < -0.4 is 5.32 Å². The summed E-state index contributed by atoms with van der Waals surface area (Å²) >= 11 is 0. The monoisotopic (exact) mass is 331 g/mol. The van der Waals surface area contributed by atoms with Crippen molar-refractivity contribution in [2.45, 2.75) is 64.2 Å². The van der Waals surface area contributed by atoms with Crippen LogP contribution in [-0.2, 0) is 11.2 Å². The van der Waals surface area contributed by atoms with Crippen LogP contribution in [0.1, 0.15) is 56.0 Å². The largest absolute Gasteiger partial charge is 0.390 e. The number of rotatable bonds is 6. The number of aliphatic hydroxyl groups is 1. The Labute approximate surface area is 144 Å². The van der Waals surface area contributed by atoms with Gasteiger partial charge in [-0.1, -0.05) is 19.1 Å². The highest BCUT2D eigenvalue weighted by Gasteiger charge is 2.53. The van der Waals surface area contributed by atoms with Crippen molar-refractivity contribution in [1.29, 1.82) is 0 Å². The van der Waals surface area contributed by atoms with E-state index in [0.717, 1.165) is 31.4 Å². The third-order valence-electron chi connectivity index (χ3n) is 5.51. The van der Waals surface area contributed by atoms with Crippen LogP contribution in [0.3, 0.4) is 0 Å². The Bertz CT molecular complexity index is 593. The van der Waals surface area contributed by atoms with Gasteiger partial charge in [-0.3, -0.25) is 4.79 Å². The van der Waals surface area contributed by atoms with E-state index in [2.05, 4.69) is 12.2 Å². The van der Waals surface area contributed by atoms with E-state index in [1.165, 1.54) is 0 Å². The van der Waals surface area contributed by atoms with E-state index < -0.39 is 5.60 Å². The number of carbonyl (C=O) groups is 1. The molecule has 4 heteroatoms. The zero-order valence-corrected chi connectivity index (χ0v) is 14.9. The first kappa shape index (κ1) is 17.4. The molecule has 1 saturated heterocycles. The minimum atomic E-state index is -0.684. The molecule has 1 aromatic rings. The molecule has 1 aliphatic carbocycles. The fourth-order valence-electron chi connectivity index (χ4n) is 4.08. The number of benzene rings is 1. The number of hydrogen-bond acceptors (Lipinski definition) is 3. The Balaban J connectivity index is 1.63. The lowest BCUT2D eigenvalue weighted by atomic mass is 9.65. The van der Waals surface area contributed by atoms with Crippen LogP contribution in [-0.4, -0.2) is 35.4 Å². The van der Waals surface area contributed by atoms with Crippen molar-refractivity contribution < 1.29 is 14.6 Å². The summed E-state index contributed by atoms with van der Waals surface area (Å²) in [4.78, 5) is 12.6. The van der Waals surface area contributed by atoms with Crippen LogP contribution in [0.2, 0.25) is 0 Å². The smallest absolute Gasteiger partial charge is 0.251 e. The Morgan fingerprint density at radius 3 is 2.92 bits per heavy atom. The van der Waals surface area contributed by atoms with Gasteiger partial charge in [-0.15, -0.1) is 0 Å². The molecule has 1 heterocycles. The van der Waals surface area contributed by atoms with E-state index in [-0.39, 0.29) is 11.9 Å². The van der Waals surface area contributed by atoms with Crippen molar-refractivity contribution in [3.05, 3.63) is 35.4 Å². The Kier molecular flexibility index (Phi) is 4.97. The number of ether oxygens (including phenoxy) is 1. The van der Waals surface area contributed by atoms with Crippen molar-refractivity contribution in [2.24, 2.45) is 11.8 Å². The molecule has 0 aromatic heterocycles. The van der Waals surface area contributed by atoms with Gasteiger partial charge >= 0.3 is 0 Å². The van der Waals surface area contributed by atoms with Gasteiger partial charge in [0.05, 0.1) is 11.7 Å². The summed E-state index contributed by atoms with van der Waals surface area (Å²) < 4.78 is 5.78. The number of carbonyl (C=O) groups excluding carboxylic acids is 1. The maximum Gasteiger partial charge on any atom is 0.251 e. The van der Waals surface area contributed by atoms with Crippen LogP contribution in [0, 0.1) is 11.8 Å². The van der Waals surface area contributed by atoms with E-state index in [1.807, 2.05) is 38.1 Å². The molecular weight excluding hydrogens is 302 g/mol. The average Bonchev–Trinajstić information content (AvgIpc) is 2.95. The second-order valence-corrected chi connectivity index (χ2v) is 7.87. The maximum absolute atomic E-state index is 12.6. The molecule has 2 fully saturated rings.